The molecule has 0 radical (unpaired) electrons. The zero-order chi connectivity index (χ0) is 13.1. The van der Waals surface area contributed by atoms with Crippen LogP contribution in [0.1, 0.15) is 29.6 Å². The Bertz CT molecular complexity index is 477. The van der Waals surface area contributed by atoms with E-state index in [1.54, 1.807) is 0 Å². The summed E-state index contributed by atoms with van der Waals surface area (Å²) in [6.07, 6.45) is -0.241. The molecule has 2 unspecified atom stereocenters. The minimum atomic E-state index is -0.923. The Labute approximate surface area is 103 Å². The minimum absolute atomic E-state index is 0.117. The summed E-state index contributed by atoms with van der Waals surface area (Å²) in [5.74, 6) is -0.641. The van der Waals surface area contributed by atoms with Crippen molar-refractivity contribution in [3.63, 3.8) is 0 Å². The lowest BCUT2D eigenvalue weighted by molar-refractivity contribution is -0.384. The highest BCUT2D eigenvalue weighted by Gasteiger charge is 2.27. The molecule has 0 aliphatic heterocycles. The number of hydrogen-bond acceptors (Lipinski definition) is 4. The number of nitrogens with zero attached hydrogens (tertiary/aromatic N) is 1. The topological polar surface area (TPSA) is 69.4 Å². The van der Waals surface area contributed by atoms with E-state index in [1.165, 1.54) is 18.2 Å². The lowest BCUT2D eigenvalue weighted by Crippen LogP contribution is -2.15. The van der Waals surface area contributed by atoms with E-state index in [0.717, 1.165) is 6.07 Å². The van der Waals surface area contributed by atoms with Gasteiger partial charge in [-0.1, -0.05) is 6.07 Å². The van der Waals surface area contributed by atoms with Crippen LogP contribution in [0.15, 0.2) is 24.3 Å². The molecule has 1 aliphatic carbocycles. The van der Waals surface area contributed by atoms with Crippen LogP contribution in [-0.2, 0) is 4.74 Å². The van der Waals surface area contributed by atoms with Gasteiger partial charge in [-0.05, 0) is 18.9 Å². The number of alkyl halides is 1. The molecule has 6 heteroatoms. The van der Waals surface area contributed by atoms with E-state index in [-0.39, 0.29) is 17.7 Å². The second kappa shape index (κ2) is 5.12. The maximum absolute atomic E-state index is 12.9. The van der Waals surface area contributed by atoms with E-state index in [2.05, 4.69) is 0 Å². The molecule has 96 valence electrons. The van der Waals surface area contributed by atoms with Gasteiger partial charge in [-0.2, -0.15) is 0 Å². The van der Waals surface area contributed by atoms with Gasteiger partial charge in [0.05, 0.1) is 10.5 Å². The third kappa shape index (κ3) is 2.82. The fourth-order valence-electron chi connectivity index (χ4n) is 1.96. The highest BCUT2D eigenvalue weighted by Crippen LogP contribution is 2.25. The molecule has 1 aromatic rings. The van der Waals surface area contributed by atoms with Gasteiger partial charge in [0.1, 0.15) is 12.3 Å². The Balaban J connectivity index is 2.04. The number of ether oxygens (including phenoxy) is 1. The largest absolute Gasteiger partial charge is 0.459 e. The first kappa shape index (κ1) is 12.5. The van der Waals surface area contributed by atoms with Gasteiger partial charge in [0.25, 0.3) is 5.69 Å². The predicted octanol–water partition coefficient (Wildman–Crippen LogP) is 2.64. The number of halogens is 1. The van der Waals surface area contributed by atoms with Crippen LogP contribution in [0.4, 0.5) is 10.1 Å². The second-order valence-electron chi connectivity index (χ2n) is 4.25. The van der Waals surface area contributed by atoms with Crippen LogP contribution in [0.3, 0.4) is 0 Å². The fraction of sp³-hybridized carbons (Fsp3) is 0.417. The first-order valence-electron chi connectivity index (χ1n) is 5.66. The van der Waals surface area contributed by atoms with Crippen molar-refractivity contribution in [1.82, 2.24) is 0 Å². The quantitative estimate of drug-likeness (QED) is 0.471. The SMILES string of the molecule is O=C(OC1CCC(F)C1)c1cccc([N+](=O)[O-])c1. The molecule has 1 aromatic carbocycles. The molecule has 1 fully saturated rings. The summed E-state index contributed by atoms with van der Waals surface area (Å²) in [6.45, 7) is 0. The fourth-order valence-corrected chi connectivity index (χ4v) is 1.96. The van der Waals surface area contributed by atoms with E-state index in [4.69, 9.17) is 4.74 Å². The van der Waals surface area contributed by atoms with Gasteiger partial charge in [0, 0.05) is 18.6 Å². The molecule has 18 heavy (non-hydrogen) atoms. The number of benzene rings is 1. The highest BCUT2D eigenvalue weighted by molar-refractivity contribution is 5.90. The average Bonchev–Trinajstić information content (AvgIpc) is 2.75. The van der Waals surface area contributed by atoms with Gasteiger partial charge in [-0.15, -0.1) is 0 Å². The molecule has 0 spiro atoms. The van der Waals surface area contributed by atoms with Crippen molar-refractivity contribution >= 4 is 11.7 Å². The number of nitro benzene ring substituents is 1. The number of nitro groups is 1. The number of hydrogen-bond donors (Lipinski definition) is 0. The second-order valence-corrected chi connectivity index (χ2v) is 4.25. The number of esters is 1. The van der Waals surface area contributed by atoms with Gasteiger partial charge in [0.15, 0.2) is 0 Å². The van der Waals surface area contributed by atoms with Crippen LogP contribution in [0, 0.1) is 10.1 Å². The summed E-state index contributed by atoms with van der Waals surface area (Å²) in [5.41, 5.74) is -0.0502. The van der Waals surface area contributed by atoms with E-state index in [1.807, 2.05) is 0 Å². The first-order valence-corrected chi connectivity index (χ1v) is 5.66. The zero-order valence-electron chi connectivity index (χ0n) is 9.54. The Morgan fingerprint density at radius 2 is 2.22 bits per heavy atom. The van der Waals surface area contributed by atoms with Crippen molar-refractivity contribution < 1.29 is 18.8 Å². The molecule has 0 amide bonds. The molecule has 0 bridgehead atoms. The lowest BCUT2D eigenvalue weighted by atomic mass is 10.2. The first-order chi connectivity index (χ1) is 8.56. The molecular formula is C12H12FNO4. The zero-order valence-corrected chi connectivity index (χ0v) is 9.54. The highest BCUT2D eigenvalue weighted by atomic mass is 19.1. The van der Waals surface area contributed by atoms with Crippen LogP contribution in [0.25, 0.3) is 0 Å². The smallest absolute Gasteiger partial charge is 0.338 e. The molecule has 0 aromatic heterocycles. The van der Waals surface area contributed by atoms with Gasteiger partial charge in [0.2, 0.25) is 0 Å². The molecule has 2 rings (SSSR count). The number of non-ortho nitro benzene ring substituents is 1. The van der Waals surface area contributed by atoms with Gasteiger partial charge < -0.3 is 4.74 Å². The van der Waals surface area contributed by atoms with Crippen LogP contribution in [0.5, 0.6) is 0 Å². The van der Waals surface area contributed by atoms with Crippen LogP contribution >= 0.6 is 0 Å². The third-order valence-corrected chi connectivity index (χ3v) is 2.89. The molecule has 0 N–H and O–H groups in total. The van der Waals surface area contributed by atoms with Crippen molar-refractivity contribution in [2.45, 2.75) is 31.5 Å². The van der Waals surface area contributed by atoms with Crippen molar-refractivity contribution in [3.05, 3.63) is 39.9 Å². The molecule has 5 nitrogen and oxygen atoms in total. The molecular weight excluding hydrogens is 241 g/mol. The summed E-state index contributed by atoms with van der Waals surface area (Å²) >= 11 is 0. The molecule has 0 saturated heterocycles. The minimum Gasteiger partial charge on any atom is -0.459 e. The Kier molecular flexibility index (Phi) is 3.55. The normalized spacial score (nSPS) is 22.7. The number of carbonyl (C=O) groups is 1. The van der Waals surface area contributed by atoms with Gasteiger partial charge in [-0.3, -0.25) is 10.1 Å². The molecule has 1 aliphatic rings. The van der Waals surface area contributed by atoms with Crippen molar-refractivity contribution in [2.75, 3.05) is 0 Å². The Morgan fingerprint density at radius 3 is 2.83 bits per heavy atom. The van der Waals surface area contributed by atoms with Gasteiger partial charge >= 0.3 is 5.97 Å². The molecule has 1 saturated carbocycles. The van der Waals surface area contributed by atoms with Crippen molar-refractivity contribution in [1.29, 1.82) is 0 Å². The van der Waals surface area contributed by atoms with E-state index in [9.17, 15) is 19.3 Å². The third-order valence-electron chi connectivity index (χ3n) is 2.89. The van der Waals surface area contributed by atoms with Crippen LogP contribution in [-0.4, -0.2) is 23.2 Å². The lowest BCUT2D eigenvalue weighted by Gasteiger charge is -2.10. The summed E-state index contributed by atoms with van der Waals surface area (Å²) < 4.78 is 18.0. The van der Waals surface area contributed by atoms with Crippen LogP contribution in [0.2, 0.25) is 0 Å². The van der Waals surface area contributed by atoms with E-state index >= 15 is 0 Å². The summed E-state index contributed by atoms with van der Waals surface area (Å²) in [5, 5.41) is 10.6. The van der Waals surface area contributed by atoms with E-state index < -0.39 is 23.2 Å². The maximum atomic E-state index is 12.9. The van der Waals surface area contributed by atoms with Crippen molar-refractivity contribution in [3.8, 4) is 0 Å². The Morgan fingerprint density at radius 1 is 1.44 bits per heavy atom. The average molecular weight is 253 g/mol. The van der Waals surface area contributed by atoms with E-state index in [0.29, 0.717) is 12.8 Å². The Hall–Kier alpha value is -1.98. The van der Waals surface area contributed by atoms with Crippen LogP contribution < -0.4 is 0 Å². The van der Waals surface area contributed by atoms with Crippen molar-refractivity contribution in [2.24, 2.45) is 0 Å². The summed E-state index contributed by atoms with van der Waals surface area (Å²) in [7, 11) is 0. The molecule has 0 heterocycles. The monoisotopic (exact) mass is 253 g/mol. The predicted molar refractivity (Wildman–Crippen MR) is 61.0 cm³/mol. The standard InChI is InChI=1S/C12H12FNO4/c13-9-4-5-11(7-9)18-12(15)8-2-1-3-10(6-8)14(16)17/h1-3,6,9,11H,4-5,7H2. The summed E-state index contributed by atoms with van der Waals surface area (Å²) in [4.78, 5) is 21.7. The maximum Gasteiger partial charge on any atom is 0.338 e. The molecule has 2 atom stereocenters. The summed E-state index contributed by atoms with van der Waals surface area (Å²) in [6, 6.07) is 5.31. The van der Waals surface area contributed by atoms with Gasteiger partial charge in [-0.25, -0.2) is 9.18 Å². The number of carbonyl (C=O) groups excluding carboxylic acids is 1. The number of rotatable bonds is 3.